The molecule has 134 valence electrons. The molecule has 0 aliphatic carbocycles. The Morgan fingerprint density at radius 3 is 2.48 bits per heavy atom. The van der Waals surface area contributed by atoms with Crippen LogP contribution in [0.5, 0.6) is 0 Å². The minimum atomic E-state index is -3.59. The molecule has 0 atom stereocenters. The number of benzene rings is 2. The highest BCUT2D eigenvalue weighted by molar-refractivity contribution is 7.92. The van der Waals surface area contributed by atoms with Crippen LogP contribution in [-0.2, 0) is 21.2 Å². The van der Waals surface area contributed by atoms with Crippen molar-refractivity contribution >= 4 is 33.2 Å². The summed E-state index contributed by atoms with van der Waals surface area (Å²) in [6.45, 7) is 0.214. The van der Waals surface area contributed by atoms with E-state index in [0.29, 0.717) is 17.3 Å². The van der Waals surface area contributed by atoms with Crippen LogP contribution in [0.4, 0.5) is 5.69 Å². The van der Waals surface area contributed by atoms with Crippen molar-refractivity contribution < 1.29 is 13.2 Å². The van der Waals surface area contributed by atoms with E-state index in [0.717, 1.165) is 23.4 Å². The van der Waals surface area contributed by atoms with Crippen molar-refractivity contribution in [1.82, 2.24) is 5.32 Å². The van der Waals surface area contributed by atoms with E-state index in [1.165, 1.54) is 11.6 Å². The average Bonchev–Trinajstić information content (AvgIpc) is 2.56. The number of hydrogen-bond acceptors (Lipinski definition) is 3. The second-order valence-corrected chi connectivity index (χ2v) is 8.03. The summed E-state index contributed by atoms with van der Waals surface area (Å²) in [5, 5.41) is 3.17. The Morgan fingerprint density at radius 1 is 1.12 bits per heavy atom. The maximum atomic E-state index is 12.1. The van der Waals surface area contributed by atoms with Gasteiger partial charge in [0.25, 0.3) is 0 Å². The van der Waals surface area contributed by atoms with Crippen molar-refractivity contribution in [3.8, 4) is 0 Å². The number of nitrogens with zero attached hydrogens (tertiary/aromatic N) is 1. The summed E-state index contributed by atoms with van der Waals surface area (Å²) in [6.07, 6.45) is 2.70. The van der Waals surface area contributed by atoms with Crippen LogP contribution in [0.3, 0.4) is 0 Å². The lowest BCUT2D eigenvalue weighted by Crippen LogP contribution is -2.40. The maximum absolute atomic E-state index is 12.1. The summed E-state index contributed by atoms with van der Waals surface area (Å²) >= 11 is 5.91. The van der Waals surface area contributed by atoms with Crippen molar-refractivity contribution in [2.75, 3.05) is 23.7 Å². The van der Waals surface area contributed by atoms with E-state index in [1.54, 1.807) is 18.2 Å². The Bertz CT molecular complexity index is 810. The third-order valence-corrected chi connectivity index (χ3v) is 4.97. The molecule has 0 saturated heterocycles. The van der Waals surface area contributed by atoms with Gasteiger partial charge in [-0.1, -0.05) is 48.0 Å². The van der Waals surface area contributed by atoms with Gasteiger partial charge in [-0.05, 0) is 36.6 Å². The minimum Gasteiger partial charge on any atom is -0.355 e. The second-order valence-electron chi connectivity index (χ2n) is 5.69. The number of amides is 1. The first-order chi connectivity index (χ1) is 11.9. The molecule has 0 fully saturated rings. The van der Waals surface area contributed by atoms with Gasteiger partial charge < -0.3 is 5.32 Å². The largest absolute Gasteiger partial charge is 0.355 e. The first-order valence-electron chi connectivity index (χ1n) is 7.90. The molecule has 5 nitrogen and oxygen atoms in total. The van der Waals surface area contributed by atoms with Crippen LogP contribution in [0.15, 0.2) is 54.6 Å². The smallest absolute Gasteiger partial charge is 0.240 e. The van der Waals surface area contributed by atoms with E-state index in [-0.39, 0.29) is 12.5 Å². The summed E-state index contributed by atoms with van der Waals surface area (Å²) in [6, 6.07) is 16.4. The molecular formula is C18H21ClN2O3S. The highest BCUT2D eigenvalue weighted by Crippen LogP contribution is 2.21. The lowest BCUT2D eigenvalue weighted by molar-refractivity contribution is -0.119. The van der Waals surface area contributed by atoms with Gasteiger partial charge in [-0.3, -0.25) is 9.10 Å². The molecule has 2 rings (SSSR count). The topological polar surface area (TPSA) is 66.5 Å². The Kier molecular flexibility index (Phi) is 6.84. The van der Waals surface area contributed by atoms with Gasteiger partial charge in [0.15, 0.2) is 0 Å². The van der Waals surface area contributed by atoms with Gasteiger partial charge in [-0.2, -0.15) is 0 Å². The molecule has 0 heterocycles. The molecule has 2 aromatic rings. The van der Waals surface area contributed by atoms with Crippen LogP contribution in [0.2, 0.25) is 5.02 Å². The summed E-state index contributed by atoms with van der Waals surface area (Å²) in [5.74, 6) is -0.349. The number of halogens is 1. The lowest BCUT2D eigenvalue weighted by atomic mass is 10.1. The van der Waals surface area contributed by atoms with Crippen LogP contribution >= 0.6 is 11.6 Å². The minimum absolute atomic E-state index is 0.273. The fraction of sp³-hybridized carbons (Fsp3) is 0.278. The number of nitrogens with one attached hydrogen (secondary N) is 1. The second kappa shape index (κ2) is 8.87. The normalized spacial score (nSPS) is 11.1. The van der Waals surface area contributed by atoms with E-state index >= 15 is 0 Å². The molecule has 0 radical (unpaired) electrons. The average molecular weight is 381 g/mol. The van der Waals surface area contributed by atoms with Crippen LogP contribution in [0, 0.1) is 0 Å². The zero-order valence-electron chi connectivity index (χ0n) is 14.0. The molecule has 0 unspecified atom stereocenters. The molecule has 25 heavy (non-hydrogen) atoms. The van der Waals surface area contributed by atoms with Crippen molar-refractivity contribution in [2.45, 2.75) is 12.8 Å². The lowest BCUT2D eigenvalue weighted by Gasteiger charge is -2.22. The number of hydrogen-bond donors (Lipinski definition) is 1. The summed E-state index contributed by atoms with van der Waals surface area (Å²) in [5.41, 5.74) is 1.57. The van der Waals surface area contributed by atoms with Gasteiger partial charge in [-0.25, -0.2) is 8.42 Å². The maximum Gasteiger partial charge on any atom is 0.240 e. The number of rotatable bonds is 8. The molecule has 0 spiro atoms. The predicted molar refractivity (Wildman–Crippen MR) is 101 cm³/mol. The summed E-state index contributed by atoms with van der Waals surface area (Å²) in [4.78, 5) is 12.1. The predicted octanol–water partition coefficient (Wildman–Crippen LogP) is 2.86. The molecule has 7 heteroatoms. The van der Waals surface area contributed by atoms with Gasteiger partial charge in [0.1, 0.15) is 6.54 Å². The van der Waals surface area contributed by atoms with E-state index in [2.05, 4.69) is 5.32 Å². The highest BCUT2D eigenvalue weighted by atomic mass is 35.5. The fourth-order valence-electron chi connectivity index (χ4n) is 2.38. The zero-order chi connectivity index (χ0) is 18.3. The standard InChI is InChI=1S/C18H21ClN2O3S/c1-25(23,24)21(17-11-5-10-16(19)13-17)14-18(22)20-12-6-9-15-7-3-2-4-8-15/h2-5,7-8,10-11,13H,6,9,12,14H2,1H3,(H,20,22). The molecular weight excluding hydrogens is 360 g/mol. The first-order valence-corrected chi connectivity index (χ1v) is 10.1. The van der Waals surface area contributed by atoms with Gasteiger partial charge in [-0.15, -0.1) is 0 Å². The third kappa shape index (κ3) is 6.40. The number of anilines is 1. The molecule has 0 bridgehead atoms. The van der Waals surface area contributed by atoms with E-state index in [4.69, 9.17) is 11.6 Å². The van der Waals surface area contributed by atoms with Crippen LogP contribution in [0.1, 0.15) is 12.0 Å². The van der Waals surface area contributed by atoms with Gasteiger partial charge in [0.2, 0.25) is 15.9 Å². The van der Waals surface area contributed by atoms with Crippen molar-refractivity contribution in [3.63, 3.8) is 0 Å². The molecule has 0 aliphatic heterocycles. The summed E-state index contributed by atoms with van der Waals surface area (Å²) < 4.78 is 25.0. The number of sulfonamides is 1. The van der Waals surface area contributed by atoms with Crippen LogP contribution < -0.4 is 9.62 Å². The Hall–Kier alpha value is -2.05. The van der Waals surface area contributed by atoms with Gasteiger partial charge in [0.05, 0.1) is 11.9 Å². The van der Waals surface area contributed by atoms with E-state index < -0.39 is 10.0 Å². The van der Waals surface area contributed by atoms with Crippen molar-refractivity contribution in [1.29, 1.82) is 0 Å². The zero-order valence-corrected chi connectivity index (χ0v) is 15.6. The van der Waals surface area contributed by atoms with E-state index in [9.17, 15) is 13.2 Å². The number of aryl methyl sites for hydroxylation is 1. The molecule has 0 aliphatic rings. The monoisotopic (exact) mass is 380 g/mol. The number of carbonyl (C=O) groups excluding carboxylic acids is 1. The van der Waals surface area contributed by atoms with Gasteiger partial charge in [0, 0.05) is 11.6 Å². The third-order valence-electron chi connectivity index (χ3n) is 3.59. The Labute approximate surface area is 153 Å². The quantitative estimate of drug-likeness (QED) is 0.716. The molecule has 1 amide bonds. The first kappa shape index (κ1) is 19.3. The highest BCUT2D eigenvalue weighted by Gasteiger charge is 2.20. The van der Waals surface area contributed by atoms with Gasteiger partial charge >= 0.3 is 0 Å². The van der Waals surface area contributed by atoms with Crippen molar-refractivity contribution in [2.24, 2.45) is 0 Å². The molecule has 1 N–H and O–H groups in total. The van der Waals surface area contributed by atoms with Crippen LogP contribution in [0.25, 0.3) is 0 Å². The Morgan fingerprint density at radius 2 is 1.84 bits per heavy atom. The number of carbonyl (C=O) groups is 1. The summed E-state index contributed by atoms with van der Waals surface area (Å²) in [7, 11) is -3.59. The molecule has 0 saturated carbocycles. The van der Waals surface area contributed by atoms with E-state index in [1.807, 2.05) is 30.3 Å². The molecule has 0 aromatic heterocycles. The SMILES string of the molecule is CS(=O)(=O)N(CC(=O)NCCCc1ccccc1)c1cccc(Cl)c1. The van der Waals surface area contributed by atoms with Crippen molar-refractivity contribution in [3.05, 3.63) is 65.2 Å². The molecule has 2 aromatic carbocycles. The van der Waals surface area contributed by atoms with Crippen LogP contribution in [-0.4, -0.2) is 33.7 Å². The Balaban J connectivity index is 1.89. The fourth-order valence-corrected chi connectivity index (χ4v) is 3.42.